The molecule has 4 N–H and O–H groups in total. The van der Waals surface area contributed by atoms with Gasteiger partial charge < -0.3 is 21.1 Å². The molecule has 1 atom stereocenters. The molecular weight excluding hydrogens is 565 g/mol. The SMILES string of the molecule is CC1(C)CNC(=O)c2sc(Nc3ccc(I)cc3F)c(C(=O)NCC(O)C(F)(F)F)c2C1. The van der Waals surface area contributed by atoms with Gasteiger partial charge in [0.15, 0.2) is 6.10 Å². The third-order valence-corrected chi connectivity index (χ3v) is 6.65. The van der Waals surface area contributed by atoms with Crippen LogP contribution in [0.4, 0.5) is 28.3 Å². The van der Waals surface area contributed by atoms with E-state index in [0.29, 0.717) is 22.1 Å². The highest BCUT2D eigenvalue weighted by atomic mass is 127. The molecule has 1 aromatic carbocycles. The van der Waals surface area contributed by atoms with Crippen LogP contribution in [0.1, 0.15) is 39.4 Å². The van der Waals surface area contributed by atoms with Crippen molar-refractivity contribution < 1.29 is 32.3 Å². The summed E-state index contributed by atoms with van der Waals surface area (Å²) >= 11 is 2.86. The number of amides is 2. The summed E-state index contributed by atoms with van der Waals surface area (Å²) in [5.74, 6) is -1.91. The Kier molecular flexibility index (Phi) is 7.05. The minimum absolute atomic E-state index is 0.0394. The predicted octanol–water partition coefficient (Wildman–Crippen LogP) is 4.20. The van der Waals surface area contributed by atoms with Crippen molar-refractivity contribution in [1.29, 1.82) is 0 Å². The van der Waals surface area contributed by atoms with E-state index < -0.39 is 41.9 Å². The fraction of sp³-hybridized carbons (Fsp3) is 0.400. The van der Waals surface area contributed by atoms with Crippen LogP contribution in [0.5, 0.6) is 0 Å². The fourth-order valence-electron chi connectivity index (χ4n) is 3.19. The second-order valence-electron chi connectivity index (χ2n) is 8.15. The lowest BCUT2D eigenvalue weighted by molar-refractivity contribution is -0.201. The summed E-state index contributed by atoms with van der Waals surface area (Å²) in [5.41, 5.74) is -0.0656. The zero-order valence-electron chi connectivity index (χ0n) is 17.0. The lowest BCUT2D eigenvalue weighted by Gasteiger charge is -2.23. The van der Waals surface area contributed by atoms with Gasteiger partial charge in [0.2, 0.25) is 0 Å². The van der Waals surface area contributed by atoms with Crippen LogP contribution < -0.4 is 16.0 Å². The number of alkyl halides is 3. The van der Waals surface area contributed by atoms with Crippen molar-refractivity contribution in [3.05, 3.63) is 43.6 Å². The van der Waals surface area contributed by atoms with Gasteiger partial charge in [-0.05, 0) is 58.2 Å². The number of benzene rings is 1. The first kappa shape index (κ1) is 24.7. The highest BCUT2D eigenvalue weighted by Crippen LogP contribution is 2.40. The Bertz CT molecular complexity index is 1060. The summed E-state index contributed by atoms with van der Waals surface area (Å²) < 4.78 is 53.0. The minimum Gasteiger partial charge on any atom is -0.382 e. The Morgan fingerprint density at radius 3 is 2.69 bits per heavy atom. The number of nitrogens with one attached hydrogen (secondary N) is 3. The molecule has 2 amide bonds. The maximum absolute atomic E-state index is 14.4. The van der Waals surface area contributed by atoms with Crippen LogP contribution >= 0.6 is 33.9 Å². The van der Waals surface area contributed by atoms with E-state index in [1.165, 1.54) is 12.1 Å². The molecule has 0 saturated carbocycles. The van der Waals surface area contributed by atoms with E-state index in [4.69, 9.17) is 0 Å². The standard InChI is InChI=1S/C20H20F4IN3O3S/c1-19(2)6-10-14(16(30)26-7-13(29)20(22,23)24)18(32-15(10)17(31)27-8-19)28-12-4-3-9(25)5-11(12)21/h3-5,13,28-29H,6-8H2,1-2H3,(H,26,30)(H,27,31). The number of hydrogen-bond acceptors (Lipinski definition) is 5. The van der Waals surface area contributed by atoms with Crippen molar-refractivity contribution in [2.75, 3.05) is 18.4 Å². The van der Waals surface area contributed by atoms with Gasteiger partial charge in [-0.3, -0.25) is 9.59 Å². The molecule has 0 bridgehead atoms. The summed E-state index contributed by atoms with van der Waals surface area (Å²) in [6, 6.07) is 4.37. The number of anilines is 2. The van der Waals surface area contributed by atoms with Crippen molar-refractivity contribution in [3.63, 3.8) is 0 Å². The predicted molar refractivity (Wildman–Crippen MR) is 121 cm³/mol. The third-order valence-electron chi connectivity index (χ3n) is 4.84. The van der Waals surface area contributed by atoms with E-state index in [-0.39, 0.29) is 21.1 Å². The lowest BCUT2D eigenvalue weighted by atomic mass is 9.85. The zero-order chi connectivity index (χ0) is 23.8. The van der Waals surface area contributed by atoms with Gasteiger partial charge in [0.1, 0.15) is 10.8 Å². The molecule has 0 saturated heterocycles. The number of rotatable bonds is 5. The largest absolute Gasteiger partial charge is 0.416 e. The van der Waals surface area contributed by atoms with Crippen molar-refractivity contribution in [2.45, 2.75) is 32.5 Å². The maximum Gasteiger partial charge on any atom is 0.416 e. The number of fused-ring (bicyclic) bond motifs is 1. The second-order valence-corrected chi connectivity index (χ2v) is 10.4. The van der Waals surface area contributed by atoms with Crippen molar-refractivity contribution in [1.82, 2.24) is 10.6 Å². The highest BCUT2D eigenvalue weighted by Gasteiger charge is 2.39. The Labute approximate surface area is 198 Å². The molecule has 32 heavy (non-hydrogen) atoms. The van der Waals surface area contributed by atoms with Crippen LogP contribution in [-0.2, 0) is 6.42 Å². The van der Waals surface area contributed by atoms with E-state index in [1.807, 2.05) is 36.4 Å². The average molecular weight is 585 g/mol. The second kappa shape index (κ2) is 9.14. The number of carbonyl (C=O) groups excluding carboxylic acids is 2. The molecule has 1 aliphatic heterocycles. The normalized spacial score (nSPS) is 16.6. The van der Waals surface area contributed by atoms with E-state index in [9.17, 15) is 32.3 Å². The van der Waals surface area contributed by atoms with E-state index >= 15 is 0 Å². The Morgan fingerprint density at radius 1 is 1.38 bits per heavy atom. The molecule has 0 fully saturated rings. The molecule has 2 heterocycles. The smallest absolute Gasteiger partial charge is 0.382 e. The van der Waals surface area contributed by atoms with Crippen LogP contribution in [0.3, 0.4) is 0 Å². The molecule has 12 heteroatoms. The molecule has 1 unspecified atom stereocenters. The molecule has 2 aromatic rings. The van der Waals surface area contributed by atoms with Gasteiger partial charge >= 0.3 is 6.18 Å². The topological polar surface area (TPSA) is 90.5 Å². The minimum atomic E-state index is -4.90. The van der Waals surface area contributed by atoms with Crippen molar-refractivity contribution in [3.8, 4) is 0 Å². The molecule has 6 nitrogen and oxygen atoms in total. The number of aliphatic hydroxyl groups excluding tert-OH is 1. The number of thiophene rings is 1. The summed E-state index contributed by atoms with van der Waals surface area (Å²) in [5, 5.41) is 17.0. The monoisotopic (exact) mass is 585 g/mol. The van der Waals surface area contributed by atoms with Crippen molar-refractivity contribution in [2.24, 2.45) is 5.41 Å². The molecule has 174 valence electrons. The number of hydrogen-bond donors (Lipinski definition) is 4. The van der Waals surface area contributed by atoms with Crippen LogP contribution in [0.15, 0.2) is 18.2 Å². The molecule has 0 spiro atoms. The Balaban J connectivity index is 2.03. The Morgan fingerprint density at radius 2 is 2.06 bits per heavy atom. The van der Waals surface area contributed by atoms with E-state index in [2.05, 4.69) is 16.0 Å². The number of aliphatic hydroxyl groups is 1. The van der Waals surface area contributed by atoms with Gasteiger partial charge in [-0.1, -0.05) is 13.8 Å². The van der Waals surface area contributed by atoms with Crippen LogP contribution in [-0.4, -0.2) is 42.3 Å². The van der Waals surface area contributed by atoms with Gasteiger partial charge in [-0.15, -0.1) is 11.3 Å². The first-order valence-corrected chi connectivity index (χ1v) is 11.4. The van der Waals surface area contributed by atoms with Gasteiger partial charge in [0.25, 0.3) is 11.8 Å². The van der Waals surface area contributed by atoms with E-state index in [1.54, 1.807) is 6.07 Å². The first-order valence-electron chi connectivity index (χ1n) is 9.47. The molecule has 1 aromatic heterocycles. The molecule has 0 aliphatic carbocycles. The first-order chi connectivity index (χ1) is 14.8. The number of carbonyl (C=O) groups is 2. The molecule has 0 radical (unpaired) electrons. The van der Waals surface area contributed by atoms with Crippen LogP contribution in [0, 0.1) is 14.8 Å². The Hall–Kier alpha value is -1.93. The van der Waals surface area contributed by atoms with E-state index in [0.717, 1.165) is 11.3 Å². The van der Waals surface area contributed by atoms with Gasteiger partial charge in [0, 0.05) is 10.1 Å². The molecule has 3 rings (SSSR count). The molecular formula is C20H20F4IN3O3S. The third kappa shape index (κ3) is 5.52. The van der Waals surface area contributed by atoms with Crippen molar-refractivity contribution >= 4 is 56.4 Å². The highest BCUT2D eigenvalue weighted by molar-refractivity contribution is 14.1. The fourth-order valence-corrected chi connectivity index (χ4v) is 4.79. The van der Waals surface area contributed by atoms with Gasteiger partial charge in [0.05, 0.1) is 22.7 Å². The maximum atomic E-state index is 14.4. The lowest BCUT2D eigenvalue weighted by Crippen LogP contribution is -2.41. The molecule has 1 aliphatic rings. The van der Waals surface area contributed by atoms with Crippen LogP contribution in [0.2, 0.25) is 0 Å². The zero-order valence-corrected chi connectivity index (χ0v) is 20.0. The number of halogens is 5. The van der Waals surface area contributed by atoms with Gasteiger partial charge in [-0.2, -0.15) is 13.2 Å². The summed E-state index contributed by atoms with van der Waals surface area (Å²) in [7, 11) is 0. The summed E-state index contributed by atoms with van der Waals surface area (Å²) in [6.45, 7) is 3.04. The van der Waals surface area contributed by atoms with Crippen LogP contribution in [0.25, 0.3) is 0 Å². The average Bonchev–Trinajstić information content (AvgIpc) is 2.97. The summed E-state index contributed by atoms with van der Waals surface area (Å²) in [4.78, 5) is 25.8. The van der Waals surface area contributed by atoms with Gasteiger partial charge in [-0.25, -0.2) is 4.39 Å². The quantitative estimate of drug-likeness (QED) is 0.313. The summed E-state index contributed by atoms with van der Waals surface area (Å²) in [6.07, 6.45) is -7.35.